The van der Waals surface area contributed by atoms with Gasteiger partial charge in [0.2, 0.25) is 0 Å². The molecular formula is C18H29N3O2. The molecule has 1 heterocycles. The van der Waals surface area contributed by atoms with E-state index >= 15 is 0 Å². The van der Waals surface area contributed by atoms with Crippen LogP contribution in [0.1, 0.15) is 32.8 Å². The van der Waals surface area contributed by atoms with Crippen LogP contribution < -0.4 is 15.4 Å². The van der Waals surface area contributed by atoms with Crippen LogP contribution in [0.4, 0.5) is 10.5 Å². The number of carbonyl (C=O) groups is 1. The fraction of sp³-hybridized carbons (Fsp3) is 0.611. The van der Waals surface area contributed by atoms with Gasteiger partial charge in [0.15, 0.2) is 0 Å². The molecule has 1 aliphatic rings. The molecule has 0 bridgehead atoms. The van der Waals surface area contributed by atoms with Crippen LogP contribution in [0.5, 0.6) is 5.75 Å². The molecule has 1 fully saturated rings. The van der Waals surface area contributed by atoms with Gasteiger partial charge in [-0.1, -0.05) is 12.1 Å². The fourth-order valence-electron chi connectivity index (χ4n) is 2.97. The first-order valence-electron chi connectivity index (χ1n) is 8.24. The first-order chi connectivity index (χ1) is 10.8. The monoisotopic (exact) mass is 319 g/mol. The summed E-state index contributed by atoms with van der Waals surface area (Å²) in [4.78, 5) is 14.7. The molecule has 5 nitrogen and oxygen atoms in total. The standard InChI is InChI=1S/C18H29N3O2/c1-13-7-6-8-15(23-5)16(13)20-17(22)19-11-14-9-10-21(12-14)18(2,3)4/h6-8,14H,9-12H2,1-5H3,(H2,19,20,22). The van der Waals surface area contributed by atoms with Crippen molar-refractivity contribution in [1.82, 2.24) is 10.2 Å². The van der Waals surface area contributed by atoms with Crippen LogP contribution in [-0.2, 0) is 0 Å². The Kier molecular flexibility index (Phi) is 5.52. The van der Waals surface area contributed by atoms with Gasteiger partial charge in [-0.15, -0.1) is 0 Å². The highest BCUT2D eigenvalue weighted by Crippen LogP contribution is 2.27. The molecule has 1 aromatic rings. The average Bonchev–Trinajstić information content (AvgIpc) is 2.96. The predicted octanol–water partition coefficient (Wildman–Crippen LogP) is 3.25. The maximum Gasteiger partial charge on any atom is 0.319 e. The van der Waals surface area contributed by atoms with Gasteiger partial charge in [-0.25, -0.2) is 4.79 Å². The van der Waals surface area contributed by atoms with Crippen molar-refractivity contribution in [2.75, 3.05) is 32.1 Å². The van der Waals surface area contributed by atoms with Gasteiger partial charge >= 0.3 is 6.03 Å². The number of urea groups is 1. The molecule has 0 spiro atoms. The topological polar surface area (TPSA) is 53.6 Å². The number of ether oxygens (including phenoxy) is 1. The van der Waals surface area contributed by atoms with E-state index in [1.807, 2.05) is 25.1 Å². The largest absolute Gasteiger partial charge is 0.495 e. The molecule has 1 saturated heterocycles. The Labute approximate surface area is 139 Å². The molecule has 1 aromatic carbocycles. The second kappa shape index (κ2) is 7.21. The molecule has 0 saturated carbocycles. The van der Waals surface area contributed by atoms with E-state index in [0.29, 0.717) is 18.2 Å². The number of amides is 2. The highest BCUT2D eigenvalue weighted by atomic mass is 16.5. The van der Waals surface area contributed by atoms with E-state index in [2.05, 4.69) is 36.3 Å². The molecular weight excluding hydrogens is 290 g/mol. The van der Waals surface area contributed by atoms with E-state index in [1.165, 1.54) is 0 Å². The summed E-state index contributed by atoms with van der Waals surface area (Å²) < 4.78 is 5.31. The second-order valence-electron chi connectivity index (χ2n) is 7.26. The van der Waals surface area contributed by atoms with Crippen molar-refractivity contribution in [1.29, 1.82) is 0 Å². The van der Waals surface area contributed by atoms with Crippen LogP contribution >= 0.6 is 0 Å². The lowest BCUT2D eigenvalue weighted by Crippen LogP contribution is -2.40. The number of benzene rings is 1. The number of para-hydroxylation sites is 1. The van der Waals surface area contributed by atoms with E-state index in [-0.39, 0.29) is 11.6 Å². The summed E-state index contributed by atoms with van der Waals surface area (Å²) in [5, 5.41) is 5.90. The number of methoxy groups -OCH3 is 1. The molecule has 5 heteroatoms. The average molecular weight is 319 g/mol. The third-order valence-corrected chi connectivity index (χ3v) is 4.48. The Hall–Kier alpha value is -1.75. The van der Waals surface area contributed by atoms with E-state index in [9.17, 15) is 4.79 Å². The molecule has 128 valence electrons. The number of aryl methyl sites for hydroxylation is 1. The number of likely N-dealkylation sites (tertiary alicyclic amines) is 1. The van der Waals surface area contributed by atoms with Gasteiger partial charge in [-0.05, 0) is 58.2 Å². The Balaban J connectivity index is 1.85. The van der Waals surface area contributed by atoms with E-state index in [1.54, 1.807) is 7.11 Å². The normalized spacial score (nSPS) is 18.7. The van der Waals surface area contributed by atoms with Crippen molar-refractivity contribution in [2.24, 2.45) is 5.92 Å². The smallest absolute Gasteiger partial charge is 0.319 e. The number of rotatable bonds is 4. The first-order valence-corrected chi connectivity index (χ1v) is 8.24. The quantitative estimate of drug-likeness (QED) is 0.896. The molecule has 2 amide bonds. The lowest BCUT2D eigenvalue weighted by molar-refractivity contribution is 0.168. The summed E-state index contributed by atoms with van der Waals surface area (Å²) >= 11 is 0. The summed E-state index contributed by atoms with van der Waals surface area (Å²) in [5.74, 6) is 1.19. The Morgan fingerprint density at radius 1 is 1.39 bits per heavy atom. The van der Waals surface area contributed by atoms with Crippen LogP contribution in [0.25, 0.3) is 0 Å². The zero-order chi connectivity index (χ0) is 17.0. The fourth-order valence-corrected chi connectivity index (χ4v) is 2.97. The van der Waals surface area contributed by atoms with Gasteiger partial charge in [0.1, 0.15) is 5.75 Å². The third kappa shape index (κ3) is 4.61. The summed E-state index contributed by atoms with van der Waals surface area (Å²) in [6.07, 6.45) is 1.13. The molecule has 1 aliphatic heterocycles. The molecule has 1 unspecified atom stereocenters. The predicted molar refractivity (Wildman–Crippen MR) is 94.2 cm³/mol. The van der Waals surface area contributed by atoms with Crippen LogP contribution in [0.3, 0.4) is 0 Å². The van der Waals surface area contributed by atoms with Gasteiger partial charge < -0.3 is 15.4 Å². The minimum absolute atomic E-state index is 0.174. The summed E-state index contributed by atoms with van der Waals surface area (Å²) in [7, 11) is 1.61. The molecule has 23 heavy (non-hydrogen) atoms. The zero-order valence-corrected chi connectivity index (χ0v) is 14.9. The minimum Gasteiger partial charge on any atom is -0.495 e. The molecule has 0 aliphatic carbocycles. The third-order valence-electron chi connectivity index (χ3n) is 4.48. The van der Waals surface area contributed by atoms with Gasteiger partial charge in [0.05, 0.1) is 12.8 Å². The van der Waals surface area contributed by atoms with Gasteiger partial charge in [0.25, 0.3) is 0 Å². The Morgan fingerprint density at radius 3 is 2.74 bits per heavy atom. The first kappa shape index (κ1) is 17.6. The molecule has 2 N–H and O–H groups in total. The highest BCUT2D eigenvalue weighted by molar-refractivity contribution is 5.91. The van der Waals surface area contributed by atoms with Crippen molar-refractivity contribution in [3.8, 4) is 5.75 Å². The van der Waals surface area contributed by atoms with Crippen LogP contribution in [-0.4, -0.2) is 43.2 Å². The SMILES string of the molecule is COc1cccc(C)c1NC(=O)NCC1CCN(C(C)(C)C)C1. The maximum atomic E-state index is 12.2. The van der Waals surface area contributed by atoms with Crippen LogP contribution in [0.2, 0.25) is 0 Å². The lowest BCUT2D eigenvalue weighted by atomic mass is 10.1. The number of hydrogen-bond donors (Lipinski definition) is 2. The summed E-state index contributed by atoms with van der Waals surface area (Å²) in [6.45, 7) is 11.5. The second-order valence-corrected chi connectivity index (χ2v) is 7.26. The van der Waals surface area contributed by atoms with Gasteiger partial charge in [-0.2, -0.15) is 0 Å². The minimum atomic E-state index is -0.174. The molecule has 1 atom stereocenters. The number of hydrogen-bond acceptors (Lipinski definition) is 3. The van der Waals surface area contributed by atoms with Gasteiger partial charge in [-0.3, -0.25) is 4.90 Å². The van der Waals surface area contributed by atoms with Crippen molar-refractivity contribution in [2.45, 2.75) is 39.7 Å². The van der Waals surface area contributed by atoms with Crippen LogP contribution in [0.15, 0.2) is 18.2 Å². The number of anilines is 1. The Bertz CT molecular complexity index is 552. The highest BCUT2D eigenvalue weighted by Gasteiger charge is 2.30. The van der Waals surface area contributed by atoms with E-state index < -0.39 is 0 Å². The molecule has 0 aromatic heterocycles. The van der Waals surface area contributed by atoms with Crippen LogP contribution in [0, 0.1) is 12.8 Å². The number of nitrogens with zero attached hydrogens (tertiary/aromatic N) is 1. The van der Waals surface area contributed by atoms with Crippen molar-refractivity contribution in [3.63, 3.8) is 0 Å². The summed E-state index contributed by atoms with van der Waals surface area (Å²) in [6, 6.07) is 5.54. The van der Waals surface area contributed by atoms with Crippen molar-refractivity contribution >= 4 is 11.7 Å². The van der Waals surface area contributed by atoms with Crippen molar-refractivity contribution in [3.05, 3.63) is 23.8 Å². The molecule has 2 rings (SSSR count). The number of nitrogens with one attached hydrogen (secondary N) is 2. The van der Waals surface area contributed by atoms with Crippen molar-refractivity contribution < 1.29 is 9.53 Å². The van der Waals surface area contributed by atoms with Gasteiger partial charge in [0, 0.05) is 18.6 Å². The maximum absolute atomic E-state index is 12.2. The zero-order valence-electron chi connectivity index (χ0n) is 14.9. The number of carbonyl (C=O) groups excluding carboxylic acids is 1. The summed E-state index contributed by atoms with van der Waals surface area (Å²) in [5.41, 5.74) is 1.92. The van der Waals surface area contributed by atoms with E-state index in [4.69, 9.17) is 4.74 Å². The lowest BCUT2D eigenvalue weighted by Gasteiger charge is -2.31. The Morgan fingerprint density at radius 2 is 2.13 bits per heavy atom. The van der Waals surface area contributed by atoms with E-state index in [0.717, 1.165) is 30.8 Å². The molecule has 0 radical (unpaired) electrons.